The predicted molar refractivity (Wildman–Crippen MR) is 300 cm³/mol. The van der Waals surface area contributed by atoms with E-state index in [0.717, 1.165) is 65.7 Å². The minimum atomic E-state index is -0.493. The van der Waals surface area contributed by atoms with Crippen LogP contribution in [0.5, 0.6) is 5.75 Å². The first-order valence-corrected chi connectivity index (χ1v) is 27.4. The second kappa shape index (κ2) is 25.0. The van der Waals surface area contributed by atoms with Crippen molar-refractivity contribution in [3.05, 3.63) is 77.3 Å². The summed E-state index contributed by atoms with van der Waals surface area (Å²) in [5.74, 6) is 0.863. The van der Waals surface area contributed by atoms with Crippen LogP contribution in [-0.2, 0) is 18.9 Å². The maximum atomic E-state index is 12.5. The molecule has 17 heteroatoms. The molecule has 0 unspecified atom stereocenters. The predicted octanol–water partition coefficient (Wildman–Crippen LogP) is 11.7. The molecule has 4 aliphatic rings. The van der Waals surface area contributed by atoms with Crippen molar-refractivity contribution in [3.8, 4) is 5.75 Å². The zero-order valence-corrected chi connectivity index (χ0v) is 48.2. The Hall–Kier alpha value is -5.68. The van der Waals surface area contributed by atoms with Crippen LogP contribution in [0.4, 0.5) is 30.6 Å². The first-order chi connectivity index (χ1) is 35.1. The first-order valence-electron chi connectivity index (χ1n) is 26.6. The molecule has 0 saturated carbocycles. The number of aliphatic hydroxyl groups excluding tert-OH is 1. The van der Waals surface area contributed by atoms with Crippen molar-refractivity contribution in [1.82, 2.24) is 19.6 Å². The van der Waals surface area contributed by atoms with E-state index in [4.69, 9.17) is 23.7 Å². The Morgan fingerprint density at radius 2 is 0.747 bits per heavy atom. The number of rotatable bonds is 4. The smallest absolute Gasteiger partial charge is 0.410 e. The highest BCUT2D eigenvalue weighted by molar-refractivity contribution is 9.10. The highest BCUT2D eigenvalue weighted by Gasteiger charge is 2.31. The molecular weight excluding hydrogens is 1020 g/mol. The molecule has 4 aromatic rings. The Morgan fingerprint density at radius 1 is 0.427 bits per heavy atom. The molecule has 4 fully saturated rings. The third-order valence-electron chi connectivity index (χ3n) is 12.8. The van der Waals surface area contributed by atoms with Gasteiger partial charge < -0.3 is 58.2 Å². The molecule has 0 atom stereocenters. The number of halogens is 1. The molecule has 4 heterocycles. The molecule has 412 valence electrons. The Labute approximate surface area is 453 Å². The van der Waals surface area contributed by atoms with Gasteiger partial charge in [-0.25, -0.2) is 19.2 Å². The van der Waals surface area contributed by atoms with Gasteiger partial charge >= 0.3 is 24.4 Å². The summed E-state index contributed by atoms with van der Waals surface area (Å²) in [5.41, 5.74) is 0.493. The highest BCUT2D eigenvalue weighted by Crippen LogP contribution is 2.36. The van der Waals surface area contributed by atoms with Crippen molar-refractivity contribution in [2.24, 2.45) is 0 Å². The maximum absolute atomic E-state index is 12.5. The van der Waals surface area contributed by atoms with Gasteiger partial charge in [-0.05, 0) is 126 Å². The van der Waals surface area contributed by atoms with Crippen LogP contribution >= 0.6 is 15.9 Å². The molecule has 4 amide bonds. The summed E-state index contributed by atoms with van der Waals surface area (Å²) in [6.45, 7) is 30.7. The molecule has 8 rings (SSSR count). The number of likely N-dealkylation sites (tertiary alicyclic amines) is 2. The molecule has 4 aromatic carbocycles. The van der Waals surface area contributed by atoms with E-state index in [1.54, 1.807) is 19.6 Å². The normalized spacial score (nSPS) is 17.4. The fourth-order valence-electron chi connectivity index (χ4n) is 9.11. The number of fused-ring (bicyclic) bond motifs is 2. The minimum Gasteiger partial charge on any atom is -0.490 e. The lowest BCUT2D eigenvalue weighted by atomic mass is 10.0. The third-order valence-corrected chi connectivity index (χ3v) is 13.4. The SMILES string of the molecule is CC(C)(C)OC(=O)N1CCC(O)CC1.CC(C)(C)OC(=O)N1CCC(Oc2ccc(N3CCN(C(=O)OC(C)(C)C)CC3)c3ccccc23)CC1.CC(C)(C)OC(=O)N1CCN(c2ccc(Br)c3ccccc23)CC1. The molecule has 0 bridgehead atoms. The van der Waals surface area contributed by atoms with E-state index in [0.29, 0.717) is 65.2 Å². The second-order valence-corrected chi connectivity index (χ2v) is 24.5. The minimum absolute atomic E-state index is 0.0466. The monoisotopic (exact) mass is 1100 g/mol. The average Bonchev–Trinajstić information content (AvgIpc) is 3.33. The van der Waals surface area contributed by atoms with Crippen LogP contribution in [0.2, 0.25) is 0 Å². The van der Waals surface area contributed by atoms with Crippen LogP contribution in [0.1, 0.15) is 109 Å². The number of hydrogen-bond donors (Lipinski definition) is 1. The summed E-state index contributed by atoms with van der Waals surface area (Å²) in [6.07, 6.45) is 1.62. The van der Waals surface area contributed by atoms with Gasteiger partial charge in [0.05, 0.1) is 6.10 Å². The van der Waals surface area contributed by atoms with Crippen molar-refractivity contribution in [2.75, 3.05) is 88.3 Å². The first kappa shape index (κ1) is 58.6. The molecule has 0 aliphatic carbocycles. The number of benzene rings is 4. The van der Waals surface area contributed by atoms with Gasteiger partial charge in [0.2, 0.25) is 0 Å². The van der Waals surface area contributed by atoms with Crippen molar-refractivity contribution < 1.29 is 48.0 Å². The Balaban J connectivity index is 0.000000205. The Morgan fingerprint density at radius 3 is 1.13 bits per heavy atom. The topological polar surface area (TPSA) is 154 Å². The highest BCUT2D eigenvalue weighted by atomic mass is 79.9. The van der Waals surface area contributed by atoms with E-state index in [9.17, 15) is 24.3 Å². The van der Waals surface area contributed by atoms with E-state index in [1.807, 2.05) is 95.2 Å². The second-order valence-electron chi connectivity index (χ2n) is 23.6. The number of nitrogens with zero attached hydrogens (tertiary/aromatic N) is 6. The van der Waals surface area contributed by atoms with Crippen LogP contribution in [0.25, 0.3) is 21.5 Å². The van der Waals surface area contributed by atoms with E-state index in [1.165, 1.54) is 16.5 Å². The number of aliphatic hydroxyl groups is 1. The number of carbonyl (C=O) groups is 4. The van der Waals surface area contributed by atoms with Gasteiger partial charge in [0, 0.05) is 123 Å². The van der Waals surface area contributed by atoms with Crippen LogP contribution < -0.4 is 14.5 Å². The number of amides is 4. The molecule has 4 aliphatic heterocycles. The molecule has 16 nitrogen and oxygen atoms in total. The van der Waals surface area contributed by atoms with Gasteiger partial charge in [-0.15, -0.1) is 0 Å². The van der Waals surface area contributed by atoms with Gasteiger partial charge in [-0.3, -0.25) is 0 Å². The van der Waals surface area contributed by atoms with Crippen molar-refractivity contribution in [1.29, 1.82) is 0 Å². The fourth-order valence-corrected chi connectivity index (χ4v) is 9.58. The number of carbonyl (C=O) groups excluding carboxylic acids is 4. The van der Waals surface area contributed by atoms with Crippen LogP contribution in [0.15, 0.2) is 77.3 Å². The van der Waals surface area contributed by atoms with Gasteiger partial charge in [-0.1, -0.05) is 64.5 Å². The standard InChI is InChI=1S/C29H41N3O5.C19H23BrN2O2.C10H19NO3/c1-28(2,3)36-26(33)31-15-13-21(14-16-31)35-25-12-11-24(22-9-7-8-10-23(22)25)30-17-19-32(20-18-30)27(34)37-29(4,5)6;1-19(2,3)24-18(23)22-12-10-21(11-13-22)17-9-8-16(20)14-6-4-5-7-15(14)17;1-10(2,3)14-9(13)11-6-4-8(12)5-7-11/h7-12,21H,13-20H2,1-6H3;4-9H,10-13H2,1-3H3;8,12H,4-7H2,1-3H3. The van der Waals surface area contributed by atoms with E-state index < -0.39 is 22.4 Å². The van der Waals surface area contributed by atoms with Crippen LogP contribution in [0.3, 0.4) is 0 Å². The van der Waals surface area contributed by atoms with Gasteiger partial charge in [0.25, 0.3) is 0 Å². The number of ether oxygens (including phenoxy) is 5. The molecule has 0 spiro atoms. The quantitative estimate of drug-likeness (QED) is 0.193. The number of hydrogen-bond acceptors (Lipinski definition) is 12. The Bertz CT molecular complexity index is 2550. The number of piperazine rings is 2. The number of anilines is 2. The third kappa shape index (κ3) is 17.7. The molecule has 0 radical (unpaired) electrons. The lowest BCUT2D eigenvalue weighted by Crippen LogP contribution is -2.50. The maximum Gasteiger partial charge on any atom is 0.410 e. The van der Waals surface area contributed by atoms with Gasteiger partial charge in [0.1, 0.15) is 34.3 Å². The van der Waals surface area contributed by atoms with E-state index in [2.05, 4.69) is 86.4 Å². The van der Waals surface area contributed by atoms with Gasteiger partial charge in [-0.2, -0.15) is 0 Å². The average molecular weight is 1100 g/mol. The van der Waals surface area contributed by atoms with Gasteiger partial charge in [0.15, 0.2) is 0 Å². The summed E-state index contributed by atoms with van der Waals surface area (Å²) in [5, 5.41) is 13.9. The molecule has 4 saturated heterocycles. The lowest BCUT2D eigenvalue weighted by molar-refractivity contribution is 0.00954. The van der Waals surface area contributed by atoms with E-state index >= 15 is 0 Å². The summed E-state index contributed by atoms with van der Waals surface area (Å²) in [6, 6.07) is 25.1. The van der Waals surface area contributed by atoms with E-state index in [-0.39, 0.29) is 36.6 Å². The zero-order chi connectivity index (χ0) is 54.9. The van der Waals surface area contributed by atoms with Crippen LogP contribution in [-0.4, -0.2) is 162 Å². The molecule has 0 aromatic heterocycles. The summed E-state index contributed by atoms with van der Waals surface area (Å²) in [4.78, 5) is 60.3. The fraction of sp³-hybridized carbons (Fsp3) is 0.586. The molecular formula is C58H83BrN6O10. The van der Waals surface area contributed by atoms with Crippen LogP contribution in [0, 0.1) is 0 Å². The molecule has 1 N–H and O–H groups in total. The van der Waals surface area contributed by atoms with Crippen molar-refractivity contribution >= 4 is 73.2 Å². The Kier molecular flexibility index (Phi) is 19.5. The summed E-state index contributed by atoms with van der Waals surface area (Å²) < 4.78 is 29.3. The van der Waals surface area contributed by atoms with Crippen molar-refractivity contribution in [3.63, 3.8) is 0 Å². The summed E-state index contributed by atoms with van der Waals surface area (Å²) >= 11 is 3.62. The number of piperidine rings is 2. The summed E-state index contributed by atoms with van der Waals surface area (Å²) in [7, 11) is 0. The largest absolute Gasteiger partial charge is 0.490 e. The lowest BCUT2D eigenvalue weighted by Gasteiger charge is -2.37. The zero-order valence-electron chi connectivity index (χ0n) is 46.6. The van der Waals surface area contributed by atoms with Crippen molar-refractivity contribution in [2.45, 2.75) is 143 Å². The molecule has 75 heavy (non-hydrogen) atoms.